The summed E-state index contributed by atoms with van der Waals surface area (Å²) in [5.41, 5.74) is 0.540. The molecule has 10 heteroatoms. The number of halogens is 1. The molecule has 0 saturated heterocycles. The molecule has 0 unspecified atom stereocenters. The third kappa shape index (κ3) is 3.99. The summed E-state index contributed by atoms with van der Waals surface area (Å²) in [6.45, 7) is -0.132. The number of esters is 1. The Labute approximate surface area is 168 Å². The minimum Gasteiger partial charge on any atom is -0.459 e. The molecule has 0 aliphatic carbocycles. The molecular weight excluding hydrogens is 398 g/mol. The lowest BCUT2D eigenvalue weighted by molar-refractivity contribution is -0.145. The molecule has 4 rings (SSSR count). The fourth-order valence-corrected chi connectivity index (χ4v) is 2.95. The summed E-state index contributed by atoms with van der Waals surface area (Å²) in [6, 6.07) is 11.3. The maximum Gasteiger partial charge on any atom is 0.308 e. The molecule has 0 aliphatic heterocycles. The van der Waals surface area contributed by atoms with Crippen LogP contribution >= 0.6 is 11.6 Å². The van der Waals surface area contributed by atoms with Gasteiger partial charge in [0.1, 0.15) is 17.8 Å². The number of pyridine rings is 1. The van der Waals surface area contributed by atoms with Crippen molar-refractivity contribution in [3.8, 4) is 0 Å². The number of carbonyl (C=O) groups is 1. The molecule has 0 aliphatic rings. The van der Waals surface area contributed by atoms with Gasteiger partial charge in [-0.15, -0.1) is 5.10 Å². The largest absolute Gasteiger partial charge is 0.459 e. The molecule has 9 nitrogen and oxygen atoms in total. The Morgan fingerprint density at radius 3 is 2.83 bits per heavy atom. The number of fused-ring (bicyclic) bond motifs is 2. The molecule has 29 heavy (non-hydrogen) atoms. The Kier molecular flexibility index (Phi) is 5.05. The summed E-state index contributed by atoms with van der Waals surface area (Å²) in [4.78, 5) is 40.8. The summed E-state index contributed by atoms with van der Waals surface area (Å²) in [5.74, 6) is -0.551. The normalized spacial score (nSPS) is 11.1. The molecule has 0 fully saturated rings. The predicted molar refractivity (Wildman–Crippen MR) is 105 cm³/mol. The lowest BCUT2D eigenvalue weighted by Gasteiger charge is -2.07. The monoisotopic (exact) mass is 411 g/mol. The molecule has 1 aromatic carbocycles. The van der Waals surface area contributed by atoms with Crippen molar-refractivity contribution in [1.82, 2.24) is 24.4 Å². The van der Waals surface area contributed by atoms with Crippen LogP contribution < -0.4 is 11.1 Å². The first kappa shape index (κ1) is 18.8. The van der Waals surface area contributed by atoms with E-state index in [2.05, 4.69) is 15.3 Å². The number of hydrogen-bond donors (Lipinski definition) is 0. The van der Waals surface area contributed by atoms with Gasteiger partial charge in [-0.05, 0) is 24.3 Å². The highest BCUT2D eigenvalue weighted by molar-refractivity contribution is 6.30. The van der Waals surface area contributed by atoms with Gasteiger partial charge in [-0.1, -0.05) is 28.9 Å². The van der Waals surface area contributed by atoms with Crippen molar-refractivity contribution in [3.63, 3.8) is 0 Å². The summed E-state index contributed by atoms with van der Waals surface area (Å²) in [7, 11) is 0. The summed E-state index contributed by atoms with van der Waals surface area (Å²) >= 11 is 5.87. The van der Waals surface area contributed by atoms with Crippen LogP contribution in [0.2, 0.25) is 5.02 Å². The van der Waals surface area contributed by atoms with Gasteiger partial charge in [0, 0.05) is 12.3 Å². The molecule has 3 heterocycles. The van der Waals surface area contributed by atoms with E-state index in [1.54, 1.807) is 36.4 Å². The second-order valence-corrected chi connectivity index (χ2v) is 6.64. The van der Waals surface area contributed by atoms with Crippen molar-refractivity contribution in [2.75, 3.05) is 0 Å². The lowest BCUT2D eigenvalue weighted by Crippen LogP contribution is -2.25. The molecule has 0 N–H and O–H groups in total. The summed E-state index contributed by atoms with van der Waals surface area (Å²) in [6.07, 6.45) is 1.39. The smallest absolute Gasteiger partial charge is 0.308 e. The SMILES string of the molecule is O=C(CCn1nnc2ccccc2c1=O)OCc1cc(=O)n2cc(Cl)ccc2n1. The first-order chi connectivity index (χ1) is 14.0. The van der Waals surface area contributed by atoms with Gasteiger partial charge in [-0.25, -0.2) is 9.67 Å². The van der Waals surface area contributed by atoms with Crippen molar-refractivity contribution >= 4 is 34.1 Å². The van der Waals surface area contributed by atoms with E-state index in [-0.39, 0.29) is 30.7 Å². The predicted octanol–water partition coefficient (Wildman–Crippen LogP) is 1.59. The van der Waals surface area contributed by atoms with E-state index in [0.29, 0.717) is 27.3 Å². The molecule has 146 valence electrons. The number of aromatic nitrogens is 5. The third-order valence-electron chi connectivity index (χ3n) is 4.21. The van der Waals surface area contributed by atoms with E-state index >= 15 is 0 Å². The molecule has 0 radical (unpaired) electrons. The van der Waals surface area contributed by atoms with Gasteiger partial charge in [-0.2, -0.15) is 0 Å². The molecule has 3 aromatic heterocycles. The van der Waals surface area contributed by atoms with E-state index in [1.165, 1.54) is 16.7 Å². The van der Waals surface area contributed by atoms with Gasteiger partial charge in [0.2, 0.25) is 0 Å². The zero-order chi connectivity index (χ0) is 20.4. The quantitative estimate of drug-likeness (QED) is 0.459. The van der Waals surface area contributed by atoms with Crippen LogP contribution in [0.1, 0.15) is 12.1 Å². The van der Waals surface area contributed by atoms with Crippen LogP contribution in [-0.2, 0) is 22.7 Å². The van der Waals surface area contributed by atoms with E-state index in [4.69, 9.17) is 16.3 Å². The average molecular weight is 412 g/mol. The van der Waals surface area contributed by atoms with Crippen LogP contribution in [0.15, 0.2) is 58.3 Å². The van der Waals surface area contributed by atoms with Crippen LogP contribution in [0.4, 0.5) is 0 Å². The molecule has 0 spiro atoms. The number of nitrogens with zero attached hydrogens (tertiary/aromatic N) is 5. The fourth-order valence-electron chi connectivity index (χ4n) is 2.79. The van der Waals surface area contributed by atoms with Gasteiger partial charge in [0.05, 0.1) is 29.1 Å². The van der Waals surface area contributed by atoms with Crippen molar-refractivity contribution in [1.29, 1.82) is 0 Å². The summed E-state index contributed by atoms with van der Waals surface area (Å²) in [5, 5.41) is 8.63. The van der Waals surface area contributed by atoms with Crippen LogP contribution in [0.25, 0.3) is 16.6 Å². The standard InChI is InChI=1S/C19H14ClN5O4/c20-12-5-6-16-21-13(9-17(26)24(16)10-12)11-29-18(27)7-8-25-19(28)14-3-1-2-4-15(14)22-23-25/h1-6,9-10H,7-8,11H2. The molecule has 0 saturated carbocycles. The highest BCUT2D eigenvalue weighted by Gasteiger charge is 2.10. The summed E-state index contributed by atoms with van der Waals surface area (Å²) < 4.78 is 7.59. The first-order valence-electron chi connectivity index (χ1n) is 8.67. The van der Waals surface area contributed by atoms with E-state index in [0.717, 1.165) is 4.68 Å². The molecular formula is C19H14ClN5O4. The second-order valence-electron chi connectivity index (χ2n) is 6.21. The van der Waals surface area contributed by atoms with Crippen molar-refractivity contribution in [2.45, 2.75) is 19.6 Å². The minimum absolute atomic E-state index is 0.0296. The van der Waals surface area contributed by atoms with Crippen molar-refractivity contribution in [2.24, 2.45) is 0 Å². The zero-order valence-corrected chi connectivity index (χ0v) is 15.7. The lowest BCUT2D eigenvalue weighted by atomic mass is 10.2. The minimum atomic E-state index is -0.551. The highest BCUT2D eigenvalue weighted by atomic mass is 35.5. The molecule has 0 atom stereocenters. The van der Waals surface area contributed by atoms with Gasteiger partial charge in [0.25, 0.3) is 11.1 Å². The van der Waals surface area contributed by atoms with E-state index in [9.17, 15) is 14.4 Å². The average Bonchev–Trinajstić information content (AvgIpc) is 2.72. The van der Waals surface area contributed by atoms with E-state index in [1.807, 2.05) is 0 Å². The number of carbonyl (C=O) groups excluding carboxylic acids is 1. The van der Waals surface area contributed by atoms with Crippen LogP contribution in [0, 0.1) is 0 Å². The van der Waals surface area contributed by atoms with Gasteiger partial charge >= 0.3 is 5.97 Å². The Hall–Kier alpha value is -3.59. The molecule has 0 bridgehead atoms. The Morgan fingerprint density at radius 2 is 1.97 bits per heavy atom. The van der Waals surface area contributed by atoms with Crippen LogP contribution in [0.3, 0.4) is 0 Å². The van der Waals surface area contributed by atoms with Crippen LogP contribution in [0.5, 0.6) is 0 Å². The Bertz CT molecular complexity index is 1350. The van der Waals surface area contributed by atoms with Crippen LogP contribution in [-0.4, -0.2) is 30.3 Å². The Morgan fingerprint density at radius 1 is 1.14 bits per heavy atom. The topological polar surface area (TPSA) is 108 Å². The maximum absolute atomic E-state index is 12.4. The number of benzene rings is 1. The number of ether oxygens (including phenoxy) is 1. The van der Waals surface area contributed by atoms with E-state index < -0.39 is 5.97 Å². The van der Waals surface area contributed by atoms with Crippen molar-refractivity contribution in [3.05, 3.63) is 80.1 Å². The van der Waals surface area contributed by atoms with Gasteiger partial charge in [-0.3, -0.25) is 18.8 Å². The molecule has 4 aromatic rings. The highest BCUT2D eigenvalue weighted by Crippen LogP contribution is 2.09. The number of hydrogen-bond acceptors (Lipinski definition) is 7. The van der Waals surface area contributed by atoms with Gasteiger partial charge in [0.15, 0.2) is 0 Å². The number of rotatable bonds is 5. The third-order valence-corrected chi connectivity index (χ3v) is 4.44. The fraction of sp³-hybridized carbons (Fsp3) is 0.158. The van der Waals surface area contributed by atoms with Crippen molar-refractivity contribution < 1.29 is 9.53 Å². The van der Waals surface area contributed by atoms with Gasteiger partial charge < -0.3 is 4.74 Å². The maximum atomic E-state index is 12.4. The zero-order valence-electron chi connectivity index (χ0n) is 15.0. The number of aryl methyl sites for hydroxylation is 1. The molecule has 0 amide bonds. The first-order valence-corrected chi connectivity index (χ1v) is 9.05. The second kappa shape index (κ2) is 7.80. The Balaban J connectivity index is 1.41.